The summed E-state index contributed by atoms with van der Waals surface area (Å²) in [5.74, 6) is 0.227. The van der Waals surface area contributed by atoms with Gasteiger partial charge in [-0.2, -0.15) is 0 Å². The Labute approximate surface area is 110 Å². The average molecular weight is 261 g/mol. The monoisotopic (exact) mass is 261 g/mol. The first kappa shape index (κ1) is 12.1. The molecule has 1 aliphatic rings. The van der Waals surface area contributed by atoms with Gasteiger partial charge in [-0.25, -0.2) is 14.3 Å². The second kappa shape index (κ2) is 4.97. The highest BCUT2D eigenvalue weighted by atomic mass is 16.5. The average Bonchev–Trinajstić information content (AvgIpc) is 2.91. The van der Waals surface area contributed by atoms with Crippen molar-refractivity contribution in [1.82, 2.24) is 14.6 Å². The largest absolute Gasteiger partial charge is 0.465 e. The number of carbonyl (C=O) groups is 1. The van der Waals surface area contributed by atoms with E-state index in [4.69, 9.17) is 9.47 Å². The van der Waals surface area contributed by atoms with E-state index >= 15 is 0 Å². The second-order valence-electron chi connectivity index (χ2n) is 4.51. The van der Waals surface area contributed by atoms with Crippen LogP contribution in [0.5, 0.6) is 0 Å². The Balaban J connectivity index is 2.02. The predicted octanol–water partition coefficient (Wildman–Crippen LogP) is 1.76. The Morgan fingerprint density at radius 1 is 1.53 bits per heavy atom. The highest BCUT2D eigenvalue weighted by Gasteiger charge is 2.22. The highest BCUT2D eigenvalue weighted by Crippen LogP contribution is 2.26. The molecule has 0 radical (unpaired) electrons. The first-order chi connectivity index (χ1) is 9.29. The van der Waals surface area contributed by atoms with Crippen molar-refractivity contribution in [3.05, 3.63) is 29.7 Å². The molecule has 1 unspecified atom stereocenters. The molecule has 100 valence electrons. The van der Waals surface area contributed by atoms with Crippen LogP contribution in [-0.2, 0) is 9.47 Å². The Hall–Kier alpha value is -1.95. The number of esters is 1. The quantitative estimate of drug-likeness (QED) is 0.771. The lowest BCUT2D eigenvalue weighted by Crippen LogP contribution is -2.12. The van der Waals surface area contributed by atoms with Gasteiger partial charge in [0.1, 0.15) is 11.7 Å². The second-order valence-corrected chi connectivity index (χ2v) is 4.51. The third kappa shape index (κ3) is 2.19. The molecule has 1 atom stereocenters. The number of hydrogen-bond acceptors (Lipinski definition) is 5. The smallest absolute Gasteiger partial charge is 0.341 e. The van der Waals surface area contributed by atoms with Crippen LogP contribution < -0.4 is 0 Å². The van der Waals surface area contributed by atoms with Crippen LogP contribution in [0.2, 0.25) is 0 Å². The van der Waals surface area contributed by atoms with Gasteiger partial charge < -0.3 is 9.47 Å². The maximum Gasteiger partial charge on any atom is 0.341 e. The van der Waals surface area contributed by atoms with E-state index in [0.717, 1.165) is 25.9 Å². The zero-order valence-corrected chi connectivity index (χ0v) is 10.7. The third-order valence-electron chi connectivity index (χ3n) is 3.25. The normalized spacial score (nSPS) is 19.5. The van der Waals surface area contributed by atoms with Crippen LogP contribution in [0.4, 0.5) is 0 Å². The number of aromatic nitrogens is 3. The van der Waals surface area contributed by atoms with E-state index in [0.29, 0.717) is 17.0 Å². The third-order valence-corrected chi connectivity index (χ3v) is 3.25. The van der Waals surface area contributed by atoms with Crippen LogP contribution in [0, 0.1) is 0 Å². The lowest BCUT2D eigenvalue weighted by atomic mass is 10.1. The van der Waals surface area contributed by atoms with E-state index in [9.17, 15) is 4.79 Å². The number of ether oxygens (including phenoxy) is 2. The lowest BCUT2D eigenvalue weighted by molar-refractivity contribution is 0.00961. The zero-order valence-electron chi connectivity index (χ0n) is 10.7. The molecule has 1 fully saturated rings. The molecule has 6 heteroatoms. The molecule has 1 saturated heterocycles. The van der Waals surface area contributed by atoms with Crippen LogP contribution in [0.25, 0.3) is 5.65 Å². The van der Waals surface area contributed by atoms with E-state index in [1.165, 1.54) is 7.11 Å². The molecule has 0 aliphatic carbocycles. The van der Waals surface area contributed by atoms with E-state index in [1.807, 2.05) is 0 Å². The fraction of sp³-hybridized carbons (Fsp3) is 0.462. The van der Waals surface area contributed by atoms with Gasteiger partial charge >= 0.3 is 5.97 Å². The predicted molar refractivity (Wildman–Crippen MR) is 66.9 cm³/mol. The summed E-state index contributed by atoms with van der Waals surface area (Å²) in [5, 5.41) is 4.39. The number of pyridine rings is 1. The van der Waals surface area contributed by atoms with Crippen molar-refractivity contribution in [2.45, 2.75) is 25.4 Å². The van der Waals surface area contributed by atoms with E-state index in [2.05, 4.69) is 10.1 Å². The molecule has 3 heterocycles. The van der Waals surface area contributed by atoms with Gasteiger partial charge in [-0.3, -0.25) is 0 Å². The first-order valence-electron chi connectivity index (χ1n) is 6.35. The summed E-state index contributed by atoms with van der Waals surface area (Å²) < 4.78 is 12.0. The standard InChI is InChI=1S/C13H15N3O3/c1-18-13(17)9-5-4-7-16-12(9)14-11(15-16)10-6-2-3-8-19-10/h4-5,7,10H,2-3,6,8H2,1H3. The Morgan fingerprint density at radius 2 is 2.42 bits per heavy atom. The molecule has 6 nitrogen and oxygen atoms in total. The van der Waals surface area contributed by atoms with Crippen molar-refractivity contribution in [2.24, 2.45) is 0 Å². The maximum atomic E-state index is 11.7. The van der Waals surface area contributed by atoms with Crippen molar-refractivity contribution < 1.29 is 14.3 Å². The molecular weight excluding hydrogens is 246 g/mol. The van der Waals surface area contributed by atoms with Crippen molar-refractivity contribution in [3.8, 4) is 0 Å². The maximum absolute atomic E-state index is 11.7. The molecule has 0 bridgehead atoms. The van der Waals surface area contributed by atoms with E-state index in [1.54, 1.807) is 22.8 Å². The summed E-state index contributed by atoms with van der Waals surface area (Å²) in [6.07, 6.45) is 4.81. The number of rotatable bonds is 2. The van der Waals surface area contributed by atoms with Gasteiger partial charge in [0.15, 0.2) is 11.5 Å². The van der Waals surface area contributed by atoms with Crippen molar-refractivity contribution in [2.75, 3.05) is 13.7 Å². The summed E-state index contributed by atoms with van der Waals surface area (Å²) in [7, 11) is 1.35. The highest BCUT2D eigenvalue weighted by molar-refractivity contribution is 5.95. The van der Waals surface area contributed by atoms with Gasteiger partial charge in [-0.05, 0) is 31.4 Å². The molecule has 0 aromatic carbocycles. The number of hydrogen-bond donors (Lipinski definition) is 0. The number of methoxy groups -OCH3 is 1. The van der Waals surface area contributed by atoms with Crippen LogP contribution in [0.1, 0.15) is 41.5 Å². The molecule has 19 heavy (non-hydrogen) atoms. The fourth-order valence-corrected chi connectivity index (χ4v) is 2.27. The van der Waals surface area contributed by atoms with Gasteiger partial charge in [0.25, 0.3) is 0 Å². The molecular formula is C13H15N3O3. The van der Waals surface area contributed by atoms with Crippen LogP contribution in [0.15, 0.2) is 18.3 Å². The van der Waals surface area contributed by atoms with Gasteiger partial charge in [0, 0.05) is 12.8 Å². The number of carbonyl (C=O) groups excluding carboxylic acids is 1. The van der Waals surface area contributed by atoms with Gasteiger partial charge in [0.05, 0.1) is 7.11 Å². The zero-order chi connectivity index (χ0) is 13.2. The molecule has 2 aromatic heterocycles. The lowest BCUT2D eigenvalue weighted by Gasteiger charge is -2.19. The van der Waals surface area contributed by atoms with Crippen LogP contribution in [0.3, 0.4) is 0 Å². The molecule has 3 rings (SSSR count). The Bertz CT molecular complexity index is 602. The Morgan fingerprint density at radius 3 is 3.16 bits per heavy atom. The number of fused-ring (bicyclic) bond motifs is 1. The van der Waals surface area contributed by atoms with Gasteiger partial charge in [0.2, 0.25) is 0 Å². The van der Waals surface area contributed by atoms with Crippen molar-refractivity contribution in [3.63, 3.8) is 0 Å². The summed E-state index contributed by atoms with van der Waals surface area (Å²) >= 11 is 0. The van der Waals surface area contributed by atoms with Crippen LogP contribution >= 0.6 is 0 Å². The minimum atomic E-state index is -0.408. The molecule has 0 spiro atoms. The molecule has 1 aliphatic heterocycles. The molecule has 0 N–H and O–H groups in total. The summed E-state index contributed by atoms with van der Waals surface area (Å²) in [5.41, 5.74) is 0.929. The Kier molecular flexibility index (Phi) is 3.16. The van der Waals surface area contributed by atoms with Gasteiger partial charge in [-0.1, -0.05) is 0 Å². The fourth-order valence-electron chi connectivity index (χ4n) is 2.27. The summed E-state index contributed by atoms with van der Waals surface area (Å²) in [6, 6.07) is 3.43. The van der Waals surface area contributed by atoms with Gasteiger partial charge in [-0.15, -0.1) is 5.10 Å². The van der Waals surface area contributed by atoms with E-state index in [-0.39, 0.29) is 6.10 Å². The molecule has 2 aromatic rings. The number of nitrogens with zero attached hydrogens (tertiary/aromatic N) is 3. The molecule has 0 saturated carbocycles. The van der Waals surface area contributed by atoms with Crippen molar-refractivity contribution in [1.29, 1.82) is 0 Å². The SMILES string of the molecule is COC(=O)c1cccn2nc(C3CCCCO3)nc12. The molecule has 0 amide bonds. The van der Waals surface area contributed by atoms with Crippen molar-refractivity contribution >= 4 is 11.6 Å². The topological polar surface area (TPSA) is 65.7 Å². The summed E-state index contributed by atoms with van der Waals surface area (Å²) in [6.45, 7) is 0.740. The van der Waals surface area contributed by atoms with Crippen LogP contribution in [-0.4, -0.2) is 34.3 Å². The first-order valence-corrected chi connectivity index (χ1v) is 6.35. The minimum Gasteiger partial charge on any atom is -0.465 e. The van der Waals surface area contributed by atoms with E-state index < -0.39 is 5.97 Å². The summed E-state index contributed by atoms with van der Waals surface area (Å²) in [4.78, 5) is 16.1. The minimum absolute atomic E-state index is 0.0702.